The number of aliphatic carboxylic acids is 1. The predicted octanol–water partition coefficient (Wildman–Crippen LogP) is 1.35. The average molecular weight is 402 g/mol. The molecule has 8 nitrogen and oxygen atoms in total. The number of carbonyl (C=O) groups is 1. The van der Waals surface area contributed by atoms with Gasteiger partial charge in [0.25, 0.3) is 15.6 Å². The third kappa shape index (κ3) is 4.63. The van der Waals surface area contributed by atoms with Crippen molar-refractivity contribution < 1.29 is 18.3 Å². The Labute approximate surface area is 139 Å². The van der Waals surface area contributed by atoms with Crippen LogP contribution in [0.4, 0.5) is 5.95 Å². The van der Waals surface area contributed by atoms with E-state index in [1.54, 1.807) is 12.1 Å². The lowest BCUT2D eigenvalue weighted by atomic mass is 10.2. The highest BCUT2D eigenvalue weighted by Gasteiger charge is 2.15. The van der Waals surface area contributed by atoms with E-state index in [4.69, 9.17) is 5.11 Å². The molecule has 0 unspecified atom stereocenters. The first-order chi connectivity index (χ1) is 10.8. The molecule has 0 aliphatic heterocycles. The van der Waals surface area contributed by atoms with Crippen LogP contribution in [0.2, 0.25) is 0 Å². The topological polar surface area (TPSA) is 129 Å². The van der Waals surface area contributed by atoms with Gasteiger partial charge in [0.15, 0.2) is 0 Å². The maximum absolute atomic E-state index is 12.2. The van der Waals surface area contributed by atoms with Crippen LogP contribution in [0, 0.1) is 0 Å². The van der Waals surface area contributed by atoms with Crippen molar-refractivity contribution in [2.45, 2.75) is 17.7 Å². The summed E-state index contributed by atoms with van der Waals surface area (Å²) in [4.78, 5) is 28.4. The van der Waals surface area contributed by atoms with Crippen molar-refractivity contribution in [2.24, 2.45) is 0 Å². The van der Waals surface area contributed by atoms with Crippen molar-refractivity contribution in [3.63, 3.8) is 0 Å². The monoisotopic (exact) mass is 401 g/mol. The first-order valence-electron chi connectivity index (χ1n) is 6.36. The summed E-state index contributed by atoms with van der Waals surface area (Å²) in [6.45, 7) is 0. The van der Waals surface area contributed by atoms with Gasteiger partial charge in [-0.2, -0.15) is 0 Å². The van der Waals surface area contributed by atoms with Gasteiger partial charge in [0.1, 0.15) is 0 Å². The van der Waals surface area contributed by atoms with Gasteiger partial charge >= 0.3 is 5.97 Å². The summed E-state index contributed by atoms with van der Waals surface area (Å²) < 4.78 is 27.2. The van der Waals surface area contributed by atoms with Gasteiger partial charge in [0.05, 0.1) is 4.90 Å². The molecule has 3 N–H and O–H groups in total. The number of anilines is 1. The van der Waals surface area contributed by atoms with Crippen molar-refractivity contribution in [3.05, 3.63) is 50.9 Å². The van der Waals surface area contributed by atoms with Crippen LogP contribution in [0.15, 0.2) is 44.6 Å². The molecule has 0 spiro atoms. The standard InChI is InChI=1S/C13H12BrN3O5S/c14-9-2-4-10(5-3-9)23(21,22)17-13-15-7-8(12(20)16-13)1-6-11(18)19/h2-5,7H,1,6H2,(H,18,19)(H2,15,16,17,20). The molecule has 0 aliphatic carbocycles. The molecule has 0 fully saturated rings. The van der Waals surface area contributed by atoms with Crippen LogP contribution in [0.5, 0.6) is 0 Å². The Bertz CT molecular complexity index is 877. The van der Waals surface area contributed by atoms with Crippen LogP contribution < -0.4 is 10.3 Å². The minimum Gasteiger partial charge on any atom is -0.481 e. The highest BCUT2D eigenvalue weighted by atomic mass is 79.9. The molecule has 0 saturated carbocycles. The minimum absolute atomic E-state index is 0.0113. The zero-order valence-electron chi connectivity index (χ0n) is 11.6. The van der Waals surface area contributed by atoms with Crippen LogP contribution in [0.1, 0.15) is 12.0 Å². The highest BCUT2D eigenvalue weighted by molar-refractivity contribution is 9.10. The van der Waals surface area contributed by atoms with Crippen molar-refractivity contribution in [1.29, 1.82) is 0 Å². The second-order valence-corrected chi connectivity index (χ2v) is 7.14. The van der Waals surface area contributed by atoms with E-state index < -0.39 is 21.6 Å². The number of rotatable bonds is 6. The maximum atomic E-state index is 12.2. The van der Waals surface area contributed by atoms with E-state index in [2.05, 4.69) is 30.6 Å². The van der Waals surface area contributed by atoms with Crippen molar-refractivity contribution in [2.75, 3.05) is 4.72 Å². The fraction of sp³-hybridized carbons (Fsp3) is 0.154. The Morgan fingerprint density at radius 2 is 1.96 bits per heavy atom. The number of aryl methyl sites for hydroxylation is 1. The van der Waals surface area contributed by atoms with E-state index in [0.29, 0.717) is 0 Å². The lowest BCUT2D eigenvalue weighted by Crippen LogP contribution is -2.21. The number of benzene rings is 1. The fourth-order valence-electron chi connectivity index (χ4n) is 1.69. The number of hydrogen-bond donors (Lipinski definition) is 3. The number of H-pyrrole nitrogens is 1. The van der Waals surface area contributed by atoms with Gasteiger partial charge in [-0.25, -0.2) is 18.1 Å². The molecule has 2 rings (SSSR count). The Morgan fingerprint density at radius 3 is 2.52 bits per heavy atom. The molecule has 122 valence electrons. The molecule has 0 atom stereocenters. The summed E-state index contributed by atoms with van der Waals surface area (Å²) in [6, 6.07) is 5.93. The number of sulfonamides is 1. The van der Waals surface area contributed by atoms with Gasteiger partial charge in [-0.3, -0.25) is 14.6 Å². The average Bonchev–Trinajstić information content (AvgIpc) is 2.46. The van der Waals surface area contributed by atoms with Gasteiger partial charge < -0.3 is 5.11 Å². The lowest BCUT2D eigenvalue weighted by molar-refractivity contribution is -0.136. The molecule has 0 amide bonds. The SMILES string of the molecule is O=C(O)CCc1cnc(NS(=O)(=O)c2ccc(Br)cc2)[nH]c1=O. The fourth-order valence-corrected chi connectivity index (χ4v) is 2.93. The Balaban J connectivity index is 2.20. The van der Waals surface area contributed by atoms with Crippen molar-refractivity contribution in [3.8, 4) is 0 Å². The van der Waals surface area contributed by atoms with Crippen LogP contribution in [0.3, 0.4) is 0 Å². The normalized spacial score (nSPS) is 11.2. The van der Waals surface area contributed by atoms with Crippen molar-refractivity contribution >= 4 is 37.9 Å². The second kappa shape index (κ2) is 6.92. The maximum Gasteiger partial charge on any atom is 0.303 e. The number of aromatic nitrogens is 2. The smallest absolute Gasteiger partial charge is 0.303 e. The molecular weight excluding hydrogens is 390 g/mol. The van der Waals surface area contributed by atoms with E-state index in [1.807, 2.05) is 0 Å². The number of nitrogens with one attached hydrogen (secondary N) is 2. The first kappa shape index (κ1) is 17.2. The zero-order chi connectivity index (χ0) is 17.0. The molecule has 0 aliphatic rings. The Hall–Kier alpha value is -2.20. The molecule has 1 heterocycles. The Morgan fingerprint density at radius 1 is 1.30 bits per heavy atom. The van der Waals surface area contributed by atoms with E-state index in [-0.39, 0.29) is 29.2 Å². The number of carboxylic acid groups (broad SMARTS) is 1. The van der Waals surface area contributed by atoms with E-state index in [9.17, 15) is 18.0 Å². The summed E-state index contributed by atoms with van der Waals surface area (Å²) in [6.07, 6.45) is 0.952. The van der Waals surface area contributed by atoms with Crippen LogP contribution in [-0.4, -0.2) is 29.5 Å². The molecule has 2 aromatic rings. The van der Waals surface area contributed by atoms with Gasteiger partial charge in [0.2, 0.25) is 5.95 Å². The summed E-state index contributed by atoms with van der Waals surface area (Å²) in [5.74, 6) is -1.28. The summed E-state index contributed by atoms with van der Waals surface area (Å²) in [5.41, 5.74) is -0.422. The molecule has 10 heteroatoms. The third-order valence-corrected chi connectivity index (χ3v) is 4.72. The highest BCUT2D eigenvalue weighted by Crippen LogP contribution is 2.16. The second-order valence-electron chi connectivity index (χ2n) is 4.54. The molecule has 0 radical (unpaired) electrons. The molecule has 23 heavy (non-hydrogen) atoms. The number of hydrogen-bond acceptors (Lipinski definition) is 5. The van der Waals surface area contributed by atoms with Crippen molar-refractivity contribution in [1.82, 2.24) is 9.97 Å². The molecule has 1 aromatic carbocycles. The van der Waals surface area contributed by atoms with E-state index in [0.717, 1.165) is 10.7 Å². The van der Waals surface area contributed by atoms with Crippen LogP contribution in [0.25, 0.3) is 0 Å². The lowest BCUT2D eigenvalue weighted by Gasteiger charge is -2.07. The minimum atomic E-state index is -3.88. The number of carboxylic acids is 1. The summed E-state index contributed by atoms with van der Waals surface area (Å²) >= 11 is 3.20. The number of nitrogens with zero attached hydrogens (tertiary/aromatic N) is 1. The molecular formula is C13H12BrN3O5S. The molecule has 0 saturated heterocycles. The first-order valence-corrected chi connectivity index (χ1v) is 8.64. The molecule has 1 aromatic heterocycles. The predicted molar refractivity (Wildman–Crippen MR) is 85.8 cm³/mol. The zero-order valence-corrected chi connectivity index (χ0v) is 14.0. The van der Waals surface area contributed by atoms with Crippen LogP contribution >= 0.6 is 15.9 Å². The third-order valence-electron chi connectivity index (χ3n) is 2.84. The molecule has 0 bridgehead atoms. The quantitative estimate of drug-likeness (QED) is 0.669. The van der Waals surface area contributed by atoms with Crippen LogP contribution in [-0.2, 0) is 21.2 Å². The largest absolute Gasteiger partial charge is 0.481 e. The van der Waals surface area contributed by atoms with Gasteiger partial charge in [0, 0.05) is 22.7 Å². The number of aromatic amines is 1. The Kier molecular flexibility index (Phi) is 5.16. The van der Waals surface area contributed by atoms with E-state index in [1.165, 1.54) is 12.1 Å². The number of halogens is 1. The van der Waals surface area contributed by atoms with Gasteiger partial charge in [-0.05, 0) is 30.7 Å². The van der Waals surface area contributed by atoms with E-state index >= 15 is 0 Å². The van der Waals surface area contributed by atoms with Gasteiger partial charge in [-0.15, -0.1) is 0 Å². The van der Waals surface area contributed by atoms with Gasteiger partial charge in [-0.1, -0.05) is 15.9 Å². The summed E-state index contributed by atoms with van der Waals surface area (Å²) in [5, 5.41) is 8.59. The summed E-state index contributed by atoms with van der Waals surface area (Å²) in [7, 11) is -3.88.